The fourth-order valence-electron chi connectivity index (χ4n) is 3.03. The number of nitrogens with zero attached hydrogens (tertiary/aromatic N) is 4. The van der Waals surface area contributed by atoms with Crippen LogP contribution in [0.15, 0.2) is 42.5 Å². The molecule has 0 atom stereocenters. The molecule has 1 saturated heterocycles. The minimum absolute atomic E-state index is 0.0537. The van der Waals surface area contributed by atoms with E-state index in [0.29, 0.717) is 24.3 Å². The van der Waals surface area contributed by atoms with Gasteiger partial charge >= 0.3 is 0 Å². The Labute approximate surface area is 140 Å². The molecule has 3 rings (SSSR count). The second kappa shape index (κ2) is 6.59. The summed E-state index contributed by atoms with van der Waals surface area (Å²) in [5, 5.41) is 20.3. The summed E-state index contributed by atoms with van der Waals surface area (Å²) in [6.07, 6.45) is 0. The minimum atomic E-state index is -0.385. The highest BCUT2D eigenvalue weighted by atomic mass is 16.6. The van der Waals surface area contributed by atoms with Gasteiger partial charge in [0.2, 0.25) is 0 Å². The summed E-state index contributed by atoms with van der Waals surface area (Å²) < 4.78 is 0. The lowest BCUT2D eigenvalue weighted by atomic mass is 10.1. The number of benzene rings is 2. The summed E-state index contributed by atoms with van der Waals surface area (Å²) in [5.74, 6) is 0. The van der Waals surface area contributed by atoms with Crippen LogP contribution < -0.4 is 9.80 Å². The Kier molecular flexibility index (Phi) is 4.34. The Morgan fingerprint density at radius 1 is 1.08 bits per heavy atom. The third-order valence-corrected chi connectivity index (χ3v) is 4.29. The molecular formula is C18H18N4O2. The number of rotatable bonds is 3. The first-order chi connectivity index (χ1) is 11.6. The van der Waals surface area contributed by atoms with E-state index in [9.17, 15) is 10.1 Å². The molecule has 0 aromatic heterocycles. The van der Waals surface area contributed by atoms with Gasteiger partial charge in [-0.2, -0.15) is 5.26 Å². The second-order valence-electron chi connectivity index (χ2n) is 5.89. The molecule has 1 aliphatic heterocycles. The monoisotopic (exact) mass is 322 g/mol. The number of nitro groups is 1. The zero-order valence-electron chi connectivity index (χ0n) is 13.5. The number of anilines is 2. The van der Waals surface area contributed by atoms with Gasteiger partial charge in [-0.15, -0.1) is 0 Å². The van der Waals surface area contributed by atoms with E-state index in [4.69, 9.17) is 5.26 Å². The average Bonchev–Trinajstić information content (AvgIpc) is 2.61. The van der Waals surface area contributed by atoms with Gasteiger partial charge in [-0.05, 0) is 36.8 Å². The van der Waals surface area contributed by atoms with Gasteiger partial charge in [-0.25, -0.2) is 0 Å². The van der Waals surface area contributed by atoms with Crippen LogP contribution >= 0.6 is 0 Å². The summed E-state index contributed by atoms with van der Waals surface area (Å²) in [6.45, 7) is 5.01. The molecule has 0 saturated carbocycles. The van der Waals surface area contributed by atoms with Crippen LogP contribution in [-0.2, 0) is 0 Å². The summed E-state index contributed by atoms with van der Waals surface area (Å²) in [5.41, 5.74) is 3.42. The van der Waals surface area contributed by atoms with Crippen LogP contribution in [0, 0.1) is 28.4 Å². The van der Waals surface area contributed by atoms with Crippen molar-refractivity contribution in [3.05, 3.63) is 63.7 Å². The highest BCUT2D eigenvalue weighted by Crippen LogP contribution is 2.30. The van der Waals surface area contributed by atoms with Gasteiger partial charge in [-0.1, -0.05) is 12.1 Å². The highest BCUT2D eigenvalue weighted by molar-refractivity contribution is 5.66. The molecule has 2 aromatic carbocycles. The minimum Gasteiger partial charge on any atom is -0.368 e. The molecule has 0 aliphatic carbocycles. The van der Waals surface area contributed by atoms with Gasteiger partial charge in [0.1, 0.15) is 5.69 Å². The second-order valence-corrected chi connectivity index (χ2v) is 5.89. The van der Waals surface area contributed by atoms with Crippen molar-refractivity contribution in [2.45, 2.75) is 6.92 Å². The molecule has 24 heavy (non-hydrogen) atoms. The maximum atomic E-state index is 11.3. The van der Waals surface area contributed by atoms with Crippen LogP contribution in [-0.4, -0.2) is 31.1 Å². The molecule has 1 aliphatic rings. The van der Waals surface area contributed by atoms with Crippen molar-refractivity contribution in [1.82, 2.24) is 0 Å². The first-order valence-electron chi connectivity index (χ1n) is 7.83. The van der Waals surface area contributed by atoms with Gasteiger partial charge in [-0.3, -0.25) is 10.1 Å². The predicted molar refractivity (Wildman–Crippen MR) is 93.4 cm³/mol. The van der Waals surface area contributed by atoms with Gasteiger partial charge in [0.15, 0.2) is 0 Å². The van der Waals surface area contributed by atoms with Gasteiger partial charge in [0.25, 0.3) is 5.69 Å². The van der Waals surface area contributed by atoms with Crippen LogP contribution in [0.4, 0.5) is 17.1 Å². The zero-order chi connectivity index (χ0) is 17.1. The Bertz CT molecular complexity index is 805. The molecule has 6 nitrogen and oxygen atoms in total. The first-order valence-corrected chi connectivity index (χ1v) is 7.83. The van der Waals surface area contributed by atoms with Crippen molar-refractivity contribution in [3.8, 4) is 6.07 Å². The predicted octanol–water partition coefficient (Wildman–Crippen LogP) is 3.10. The first kappa shape index (κ1) is 15.8. The highest BCUT2D eigenvalue weighted by Gasteiger charge is 2.24. The molecule has 0 amide bonds. The Morgan fingerprint density at radius 2 is 1.79 bits per heavy atom. The Morgan fingerprint density at radius 3 is 2.42 bits per heavy atom. The molecule has 1 fully saturated rings. The molecule has 0 radical (unpaired) electrons. The number of aryl methyl sites for hydroxylation is 1. The van der Waals surface area contributed by atoms with Crippen molar-refractivity contribution in [3.63, 3.8) is 0 Å². The number of hydrogen-bond acceptors (Lipinski definition) is 5. The van der Waals surface area contributed by atoms with E-state index in [1.54, 1.807) is 6.07 Å². The lowest BCUT2D eigenvalue weighted by Crippen LogP contribution is -2.46. The Hall–Kier alpha value is -3.07. The van der Waals surface area contributed by atoms with Crippen molar-refractivity contribution < 1.29 is 4.92 Å². The standard InChI is InChI=1S/C18H18N4O2/c1-14-3-2-4-16(11-14)20-7-9-21(10-8-20)18-12-15(13-19)5-6-17(18)22(23)24/h2-6,11-12H,7-10H2,1H3. The van der Waals surface area contributed by atoms with Crippen LogP contribution in [0.2, 0.25) is 0 Å². The van der Waals surface area contributed by atoms with Crippen LogP contribution in [0.5, 0.6) is 0 Å². The number of hydrogen-bond donors (Lipinski definition) is 0. The van der Waals surface area contributed by atoms with Crippen molar-refractivity contribution in [2.24, 2.45) is 0 Å². The van der Waals surface area contributed by atoms with Gasteiger partial charge < -0.3 is 9.80 Å². The van der Waals surface area contributed by atoms with Crippen molar-refractivity contribution in [2.75, 3.05) is 36.0 Å². The fourth-order valence-corrected chi connectivity index (χ4v) is 3.03. The summed E-state index contributed by atoms with van der Waals surface area (Å²) in [6, 6.07) is 14.9. The zero-order valence-corrected chi connectivity index (χ0v) is 13.5. The third-order valence-electron chi connectivity index (χ3n) is 4.29. The van der Waals surface area contributed by atoms with E-state index in [-0.39, 0.29) is 10.6 Å². The van der Waals surface area contributed by atoms with Gasteiger partial charge in [0, 0.05) is 37.9 Å². The molecule has 2 aromatic rings. The number of nitro benzene ring substituents is 1. The lowest BCUT2D eigenvalue weighted by molar-refractivity contribution is -0.384. The van der Waals surface area contributed by atoms with E-state index in [1.165, 1.54) is 23.4 Å². The average molecular weight is 322 g/mol. The fraction of sp³-hybridized carbons (Fsp3) is 0.278. The smallest absolute Gasteiger partial charge is 0.292 e. The van der Waals surface area contributed by atoms with E-state index in [1.807, 2.05) is 11.0 Å². The largest absolute Gasteiger partial charge is 0.368 e. The maximum absolute atomic E-state index is 11.3. The van der Waals surface area contributed by atoms with E-state index < -0.39 is 0 Å². The molecule has 0 bridgehead atoms. The lowest BCUT2D eigenvalue weighted by Gasteiger charge is -2.37. The van der Waals surface area contributed by atoms with E-state index in [2.05, 4.69) is 36.1 Å². The molecule has 0 unspecified atom stereocenters. The SMILES string of the molecule is Cc1cccc(N2CCN(c3cc(C#N)ccc3[N+](=O)[O-])CC2)c1. The molecule has 1 heterocycles. The van der Waals surface area contributed by atoms with E-state index in [0.717, 1.165) is 13.1 Å². The maximum Gasteiger partial charge on any atom is 0.292 e. The molecule has 0 spiro atoms. The number of nitriles is 1. The topological polar surface area (TPSA) is 73.4 Å². The van der Waals surface area contributed by atoms with Crippen molar-refractivity contribution in [1.29, 1.82) is 5.26 Å². The van der Waals surface area contributed by atoms with Crippen LogP contribution in [0.25, 0.3) is 0 Å². The summed E-state index contributed by atoms with van der Waals surface area (Å²) >= 11 is 0. The van der Waals surface area contributed by atoms with Crippen LogP contribution in [0.3, 0.4) is 0 Å². The Balaban J connectivity index is 1.80. The summed E-state index contributed by atoms with van der Waals surface area (Å²) in [7, 11) is 0. The number of piperazine rings is 1. The van der Waals surface area contributed by atoms with Gasteiger partial charge in [0.05, 0.1) is 16.6 Å². The third kappa shape index (κ3) is 3.15. The molecule has 122 valence electrons. The van der Waals surface area contributed by atoms with Crippen molar-refractivity contribution >= 4 is 17.1 Å². The molecule has 6 heteroatoms. The molecule has 0 N–H and O–H groups in total. The summed E-state index contributed by atoms with van der Waals surface area (Å²) in [4.78, 5) is 15.2. The quantitative estimate of drug-likeness (QED) is 0.641. The normalized spacial score (nSPS) is 14.3. The molecular weight excluding hydrogens is 304 g/mol. The van der Waals surface area contributed by atoms with Crippen LogP contribution in [0.1, 0.15) is 11.1 Å². The van der Waals surface area contributed by atoms with E-state index >= 15 is 0 Å².